The highest BCUT2D eigenvalue weighted by molar-refractivity contribution is 8.03. The number of carbonyl (C=O) groups is 1. The number of hydrogen-bond acceptors (Lipinski definition) is 5. The smallest absolute Gasteiger partial charge is 0.348 e. The molecule has 1 N–H and O–H groups in total. The fourth-order valence-electron chi connectivity index (χ4n) is 2.49. The number of aliphatic hydroxyl groups excluding tert-OH is 1. The third-order valence-corrected chi connectivity index (χ3v) is 5.70. The van der Waals surface area contributed by atoms with Gasteiger partial charge in [0.25, 0.3) is 0 Å². The molecule has 3 rings (SSSR count). The Bertz CT molecular complexity index is 739. The quantitative estimate of drug-likeness (QED) is 0.595. The predicted molar refractivity (Wildman–Crippen MR) is 99.1 cm³/mol. The second-order valence-corrected chi connectivity index (χ2v) is 7.29. The fraction of sp³-hybridized carbons (Fsp3) is 0.211. The second kappa shape index (κ2) is 7.81. The zero-order valence-corrected chi connectivity index (χ0v) is 14.9. The molecule has 1 aliphatic heterocycles. The summed E-state index contributed by atoms with van der Waals surface area (Å²) >= 11 is 2.98. The molecule has 0 radical (unpaired) electrons. The molecule has 0 bridgehead atoms. The SMILES string of the molecule is CSc1ccc(C2CC(O)=C(SCc3ccccc3)C(=O)O2)cc1. The summed E-state index contributed by atoms with van der Waals surface area (Å²) in [6.07, 6.45) is 1.91. The summed E-state index contributed by atoms with van der Waals surface area (Å²) in [4.78, 5) is 13.7. The Kier molecular flexibility index (Phi) is 5.53. The Morgan fingerprint density at radius 2 is 1.83 bits per heavy atom. The van der Waals surface area contributed by atoms with Gasteiger partial charge in [-0.05, 0) is 29.5 Å². The lowest BCUT2D eigenvalue weighted by Crippen LogP contribution is -2.20. The van der Waals surface area contributed by atoms with Crippen LogP contribution in [0.15, 0.2) is 70.2 Å². The summed E-state index contributed by atoms with van der Waals surface area (Å²) in [6.45, 7) is 0. The van der Waals surface area contributed by atoms with Gasteiger partial charge in [-0.25, -0.2) is 4.79 Å². The van der Waals surface area contributed by atoms with Crippen LogP contribution in [-0.4, -0.2) is 17.3 Å². The molecule has 0 aliphatic carbocycles. The minimum atomic E-state index is -0.446. The highest BCUT2D eigenvalue weighted by Crippen LogP contribution is 2.37. The first-order valence-corrected chi connectivity index (χ1v) is 9.82. The molecule has 5 heteroatoms. The molecular weight excluding hydrogens is 340 g/mol. The van der Waals surface area contributed by atoms with Gasteiger partial charge in [0, 0.05) is 17.1 Å². The van der Waals surface area contributed by atoms with Crippen LogP contribution in [0.3, 0.4) is 0 Å². The van der Waals surface area contributed by atoms with Gasteiger partial charge in [0.15, 0.2) is 0 Å². The van der Waals surface area contributed by atoms with Crippen LogP contribution in [0, 0.1) is 0 Å². The standard InChI is InChI=1S/C19H18O3S2/c1-23-15-9-7-14(8-10-15)17-11-16(20)18(19(21)22-17)24-12-13-5-3-2-4-6-13/h2-10,17,20H,11-12H2,1H3. The Labute approximate surface area is 150 Å². The third-order valence-electron chi connectivity index (χ3n) is 3.79. The molecule has 2 aromatic carbocycles. The topological polar surface area (TPSA) is 46.5 Å². The van der Waals surface area contributed by atoms with E-state index in [9.17, 15) is 9.90 Å². The van der Waals surface area contributed by atoms with Crippen molar-refractivity contribution in [1.29, 1.82) is 0 Å². The third kappa shape index (κ3) is 3.97. The number of rotatable bonds is 5. The Morgan fingerprint density at radius 3 is 2.46 bits per heavy atom. The van der Waals surface area contributed by atoms with Gasteiger partial charge >= 0.3 is 5.97 Å². The molecule has 124 valence electrons. The fourth-order valence-corrected chi connectivity index (χ4v) is 3.81. The predicted octanol–water partition coefficient (Wildman–Crippen LogP) is 5.10. The summed E-state index contributed by atoms with van der Waals surface area (Å²) in [6, 6.07) is 17.7. The van der Waals surface area contributed by atoms with Crippen molar-refractivity contribution in [3.05, 3.63) is 76.4 Å². The van der Waals surface area contributed by atoms with E-state index in [1.807, 2.05) is 60.9 Å². The molecule has 3 nitrogen and oxygen atoms in total. The first-order chi connectivity index (χ1) is 11.7. The molecule has 1 unspecified atom stereocenters. The first-order valence-electron chi connectivity index (χ1n) is 7.61. The molecule has 24 heavy (non-hydrogen) atoms. The number of hydrogen-bond donors (Lipinski definition) is 1. The molecular formula is C19H18O3S2. The van der Waals surface area contributed by atoms with E-state index in [-0.39, 0.29) is 5.76 Å². The number of esters is 1. The van der Waals surface area contributed by atoms with Crippen LogP contribution in [0.5, 0.6) is 0 Å². The van der Waals surface area contributed by atoms with Crippen LogP contribution < -0.4 is 0 Å². The van der Waals surface area contributed by atoms with Crippen LogP contribution in [0.25, 0.3) is 0 Å². The molecule has 1 atom stereocenters. The number of ether oxygens (including phenoxy) is 1. The molecule has 0 saturated heterocycles. The number of benzene rings is 2. The van der Waals surface area contributed by atoms with Crippen LogP contribution in [-0.2, 0) is 15.3 Å². The van der Waals surface area contributed by atoms with Gasteiger partial charge in [-0.2, -0.15) is 0 Å². The van der Waals surface area contributed by atoms with E-state index >= 15 is 0 Å². The number of thioether (sulfide) groups is 2. The Balaban J connectivity index is 1.70. The van der Waals surface area contributed by atoms with Crippen molar-refractivity contribution in [3.8, 4) is 0 Å². The Hall–Kier alpha value is -1.85. The van der Waals surface area contributed by atoms with Gasteiger partial charge in [0.1, 0.15) is 16.8 Å². The molecule has 0 amide bonds. The van der Waals surface area contributed by atoms with Gasteiger partial charge in [0.05, 0.1) is 0 Å². The summed E-state index contributed by atoms with van der Waals surface area (Å²) in [7, 11) is 0. The van der Waals surface area contributed by atoms with Gasteiger partial charge in [-0.1, -0.05) is 42.5 Å². The maximum Gasteiger partial charge on any atom is 0.348 e. The van der Waals surface area contributed by atoms with E-state index in [1.165, 1.54) is 11.8 Å². The van der Waals surface area contributed by atoms with Crippen molar-refractivity contribution < 1.29 is 14.6 Å². The molecule has 0 aromatic heterocycles. The summed E-state index contributed by atoms with van der Waals surface area (Å²) in [5, 5.41) is 10.3. The van der Waals surface area contributed by atoms with Crippen LogP contribution in [0.4, 0.5) is 0 Å². The highest BCUT2D eigenvalue weighted by Gasteiger charge is 2.30. The van der Waals surface area contributed by atoms with Crippen molar-refractivity contribution in [1.82, 2.24) is 0 Å². The number of cyclic esters (lactones) is 1. The van der Waals surface area contributed by atoms with Gasteiger partial charge in [-0.15, -0.1) is 23.5 Å². The van der Waals surface area contributed by atoms with Crippen molar-refractivity contribution in [2.45, 2.75) is 23.2 Å². The minimum absolute atomic E-state index is 0.117. The van der Waals surface area contributed by atoms with E-state index in [1.54, 1.807) is 11.8 Å². The lowest BCUT2D eigenvalue weighted by atomic mass is 10.0. The lowest BCUT2D eigenvalue weighted by Gasteiger charge is -2.24. The average Bonchev–Trinajstić information content (AvgIpc) is 2.62. The zero-order chi connectivity index (χ0) is 16.9. The van der Waals surface area contributed by atoms with E-state index < -0.39 is 12.1 Å². The van der Waals surface area contributed by atoms with E-state index in [0.29, 0.717) is 17.1 Å². The Morgan fingerprint density at radius 1 is 1.12 bits per heavy atom. The first kappa shape index (κ1) is 17.0. The summed E-state index contributed by atoms with van der Waals surface area (Å²) in [5.74, 6) is 0.298. The second-order valence-electron chi connectivity index (χ2n) is 5.42. The number of carbonyl (C=O) groups excluding carboxylic acids is 1. The molecule has 0 fully saturated rings. The van der Waals surface area contributed by atoms with Crippen LogP contribution >= 0.6 is 23.5 Å². The average molecular weight is 358 g/mol. The number of aliphatic hydroxyl groups is 1. The van der Waals surface area contributed by atoms with Crippen LogP contribution in [0.2, 0.25) is 0 Å². The van der Waals surface area contributed by atoms with E-state index in [4.69, 9.17) is 4.74 Å². The van der Waals surface area contributed by atoms with Crippen LogP contribution in [0.1, 0.15) is 23.7 Å². The van der Waals surface area contributed by atoms with E-state index in [0.717, 1.165) is 16.0 Å². The van der Waals surface area contributed by atoms with Gasteiger partial charge < -0.3 is 9.84 Å². The molecule has 1 heterocycles. The van der Waals surface area contributed by atoms with Crippen molar-refractivity contribution in [2.24, 2.45) is 0 Å². The molecule has 2 aromatic rings. The molecule has 0 spiro atoms. The maximum absolute atomic E-state index is 12.3. The normalized spacial score (nSPS) is 17.7. The van der Waals surface area contributed by atoms with E-state index in [2.05, 4.69) is 0 Å². The van der Waals surface area contributed by atoms with Crippen molar-refractivity contribution >= 4 is 29.5 Å². The zero-order valence-electron chi connectivity index (χ0n) is 13.3. The van der Waals surface area contributed by atoms with Gasteiger partial charge in [-0.3, -0.25) is 0 Å². The molecule has 0 saturated carbocycles. The lowest BCUT2D eigenvalue weighted by molar-refractivity contribution is -0.146. The molecule has 1 aliphatic rings. The highest BCUT2D eigenvalue weighted by atomic mass is 32.2. The van der Waals surface area contributed by atoms with Crippen molar-refractivity contribution in [2.75, 3.05) is 6.26 Å². The van der Waals surface area contributed by atoms with Crippen molar-refractivity contribution in [3.63, 3.8) is 0 Å². The maximum atomic E-state index is 12.3. The summed E-state index contributed by atoms with van der Waals surface area (Å²) < 4.78 is 5.53. The largest absolute Gasteiger partial charge is 0.511 e. The minimum Gasteiger partial charge on any atom is -0.511 e. The monoisotopic (exact) mass is 358 g/mol. The summed E-state index contributed by atoms with van der Waals surface area (Å²) in [5.41, 5.74) is 2.00. The van der Waals surface area contributed by atoms with Gasteiger partial charge in [0.2, 0.25) is 0 Å².